The summed E-state index contributed by atoms with van der Waals surface area (Å²) < 4.78 is 37.6. The Hall–Kier alpha value is -1.96. The van der Waals surface area contributed by atoms with E-state index in [4.69, 9.17) is 0 Å². The van der Waals surface area contributed by atoms with Gasteiger partial charge in [-0.25, -0.2) is 0 Å². The Labute approximate surface area is 123 Å². The lowest BCUT2D eigenvalue weighted by atomic mass is 10.2. The minimum absolute atomic E-state index is 0.0332. The second kappa shape index (κ2) is 6.21. The zero-order valence-corrected chi connectivity index (χ0v) is 11.8. The Bertz CT molecular complexity index is 613. The lowest BCUT2D eigenvalue weighted by Crippen LogP contribution is -2.26. The summed E-state index contributed by atoms with van der Waals surface area (Å²) in [6.45, 7) is 0.264. The average Bonchev–Trinajstić information content (AvgIpc) is 2.89. The standard InChI is InChI=1S/C13H12F3N3OS/c1-19(8-9-6-17-18-7-9)12(20)10-4-2-3-5-11(10)21-13(14,15)16/h2-7H,8H2,1H3,(H,17,18). The van der Waals surface area contributed by atoms with Crippen molar-refractivity contribution in [2.75, 3.05) is 7.05 Å². The van der Waals surface area contributed by atoms with Gasteiger partial charge in [0.2, 0.25) is 0 Å². The number of nitrogens with zero attached hydrogens (tertiary/aromatic N) is 2. The van der Waals surface area contributed by atoms with Crippen molar-refractivity contribution < 1.29 is 18.0 Å². The van der Waals surface area contributed by atoms with E-state index >= 15 is 0 Å². The van der Waals surface area contributed by atoms with Crippen LogP contribution in [0.3, 0.4) is 0 Å². The Morgan fingerprint density at radius 1 is 1.38 bits per heavy atom. The average molecular weight is 315 g/mol. The monoisotopic (exact) mass is 315 g/mol. The predicted molar refractivity (Wildman–Crippen MR) is 72.7 cm³/mol. The van der Waals surface area contributed by atoms with Crippen molar-refractivity contribution in [2.45, 2.75) is 16.9 Å². The first-order valence-electron chi connectivity index (χ1n) is 5.95. The maximum Gasteiger partial charge on any atom is 0.446 e. The third-order valence-corrected chi connectivity index (χ3v) is 3.47. The highest BCUT2D eigenvalue weighted by Gasteiger charge is 2.31. The van der Waals surface area contributed by atoms with E-state index in [9.17, 15) is 18.0 Å². The molecule has 0 radical (unpaired) electrons. The zero-order valence-electron chi connectivity index (χ0n) is 11.0. The third kappa shape index (κ3) is 4.25. The molecule has 1 aromatic carbocycles. The maximum absolute atomic E-state index is 12.5. The highest BCUT2D eigenvalue weighted by atomic mass is 32.2. The lowest BCUT2D eigenvalue weighted by Gasteiger charge is -2.18. The molecule has 1 amide bonds. The highest BCUT2D eigenvalue weighted by Crippen LogP contribution is 2.38. The molecule has 0 aliphatic carbocycles. The minimum Gasteiger partial charge on any atom is -0.337 e. The van der Waals surface area contributed by atoms with Gasteiger partial charge in [0.05, 0.1) is 11.8 Å². The van der Waals surface area contributed by atoms with E-state index < -0.39 is 11.4 Å². The predicted octanol–water partition coefficient (Wildman–Crippen LogP) is 3.29. The Morgan fingerprint density at radius 3 is 2.71 bits per heavy atom. The van der Waals surface area contributed by atoms with Crippen LogP contribution in [-0.4, -0.2) is 33.6 Å². The number of rotatable bonds is 4. The summed E-state index contributed by atoms with van der Waals surface area (Å²) in [7, 11) is 1.53. The first kappa shape index (κ1) is 15.4. The number of carbonyl (C=O) groups is 1. The van der Waals surface area contributed by atoms with E-state index in [-0.39, 0.29) is 28.8 Å². The molecular formula is C13H12F3N3OS. The van der Waals surface area contributed by atoms with E-state index in [2.05, 4.69) is 10.2 Å². The molecule has 1 aromatic heterocycles. The molecule has 21 heavy (non-hydrogen) atoms. The van der Waals surface area contributed by atoms with Gasteiger partial charge in [-0.2, -0.15) is 18.3 Å². The summed E-state index contributed by atoms with van der Waals surface area (Å²) >= 11 is -0.285. The Morgan fingerprint density at radius 2 is 2.10 bits per heavy atom. The molecule has 0 unspecified atom stereocenters. The van der Waals surface area contributed by atoms with Crippen LogP contribution >= 0.6 is 11.8 Å². The highest BCUT2D eigenvalue weighted by molar-refractivity contribution is 8.00. The van der Waals surface area contributed by atoms with E-state index in [1.165, 1.54) is 30.1 Å². The molecule has 0 fully saturated rings. The zero-order chi connectivity index (χ0) is 15.5. The van der Waals surface area contributed by atoms with Crippen LogP contribution in [0.1, 0.15) is 15.9 Å². The van der Waals surface area contributed by atoms with Crippen LogP contribution in [0.4, 0.5) is 13.2 Å². The number of thioether (sulfide) groups is 1. The number of aromatic amines is 1. The van der Waals surface area contributed by atoms with Gasteiger partial charge in [-0.05, 0) is 23.9 Å². The van der Waals surface area contributed by atoms with E-state index in [0.29, 0.717) is 0 Å². The number of benzene rings is 1. The summed E-state index contributed by atoms with van der Waals surface area (Å²) in [6, 6.07) is 5.69. The number of hydrogen-bond acceptors (Lipinski definition) is 3. The van der Waals surface area contributed by atoms with Crippen LogP contribution in [-0.2, 0) is 6.54 Å². The first-order chi connectivity index (χ1) is 9.87. The molecule has 112 valence electrons. The van der Waals surface area contributed by atoms with Crippen LogP contribution in [0, 0.1) is 0 Å². The van der Waals surface area contributed by atoms with Crippen molar-refractivity contribution >= 4 is 17.7 Å². The number of amides is 1. The van der Waals surface area contributed by atoms with Crippen molar-refractivity contribution in [1.82, 2.24) is 15.1 Å². The summed E-state index contributed by atoms with van der Waals surface area (Å²) in [5.41, 5.74) is -3.63. The quantitative estimate of drug-likeness (QED) is 0.881. The summed E-state index contributed by atoms with van der Waals surface area (Å²) in [4.78, 5) is 13.5. The summed E-state index contributed by atoms with van der Waals surface area (Å²) in [5, 5.41) is 6.37. The number of aromatic nitrogens is 2. The molecule has 1 heterocycles. The molecule has 0 aliphatic rings. The molecule has 0 atom stereocenters. The Balaban J connectivity index is 2.18. The van der Waals surface area contributed by atoms with Gasteiger partial charge >= 0.3 is 5.51 Å². The fourth-order valence-corrected chi connectivity index (χ4v) is 2.43. The fourth-order valence-electron chi connectivity index (χ4n) is 1.77. The molecule has 2 aromatic rings. The first-order valence-corrected chi connectivity index (χ1v) is 6.76. The molecule has 0 saturated carbocycles. The van der Waals surface area contributed by atoms with Crippen molar-refractivity contribution in [3.8, 4) is 0 Å². The fraction of sp³-hybridized carbons (Fsp3) is 0.231. The Kier molecular flexibility index (Phi) is 4.56. The van der Waals surface area contributed by atoms with Gasteiger partial charge in [-0.15, -0.1) is 0 Å². The maximum atomic E-state index is 12.5. The normalized spacial score (nSPS) is 11.4. The largest absolute Gasteiger partial charge is 0.446 e. The number of halogens is 3. The van der Waals surface area contributed by atoms with Crippen LogP contribution < -0.4 is 0 Å². The molecule has 2 rings (SSSR count). The number of hydrogen-bond donors (Lipinski definition) is 1. The van der Waals surface area contributed by atoms with Gasteiger partial charge < -0.3 is 4.90 Å². The molecule has 4 nitrogen and oxygen atoms in total. The smallest absolute Gasteiger partial charge is 0.337 e. The van der Waals surface area contributed by atoms with Crippen molar-refractivity contribution in [3.63, 3.8) is 0 Å². The van der Waals surface area contributed by atoms with Crippen molar-refractivity contribution in [2.24, 2.45) is 0 Å². The van der Waals surface area contributed by atoms with Crippen molar-refractivity contribution in [1.29, 1.82) is 0 Å². The molecule has 0 saturated heterocycles. The number of carbonyl (C=O) groups excluding carboxylic acids is 1. The van der Waals surface area contributed by atoms with E-state index in [1.54, 1.807) is 18.5 Å². The van der Waals surface area contributed by atoms with Gasteiger partial charge in [0.1, 0.15) is 0 Å². The molecule has 8 heteroatoms. The van der Waals surface area contributed by atoms with Crippen LogP contribution in [0.25, 0.3) is 0 Å². The number of alkyl halides is 3. The topological polar surface area (TPSA) is 49.0 Å². The van der Waals surface area contributed by atoms with Crippen molar-refractivity contribution in [3.05, 3.63) is 47.8 Å². The lowest BCUT2D eigenvalue weighted by molar-refractivity contribution is -0.0328. The minimum atomic E-state index is -4.43. The number of H-pyrrole nitrogens is 1. The summed E-state index contributed by atoms with van der Waals surface area (Å²) in [6.07, 6.45) is 3.18. The van der Waals surface area contributed by atoms with Gasteiger partial charge in [0.25, 0.3) is 5.91 Å². The molecule has 0 spiro atoms. The molecule has 0 aliphatic heterocycles. The van der Waals surface area contributed by atoms with Crippen LogP contribution in [0.15, 0.2) is 41.6 Å². The summed E-state index contributed by atoms with van der Waals surface area (Å²) in [5.74, 6) is -0.469. The van der Waals surface area contributed by atoms with E-state index in [1.807, 2.05) is 0 Å². The van der Waals surface area contributed by atoms with Crippen LogP contribution in [0.5, 0.6) is 0 Å². The second-order valence-corrected chi connectivity index (χ2v) is 5.42. The van der Waals surface area contributed by atoms with Gasteiger partial charge in [-0.1, -0.05) is 12.1 Å². The number of nitrogens with one attached hydrogen (secondary N) is 1. The van der Waals surface area contributed by atoms with Gasteiger partial charge in [0, 0.05) is 30.2 Å². The molecule has 0 bridgehead atoms. The molecular weight excluding hydrogens is 303 g/mol. The van der Waals surface area contributed by atoms with Crippen LogP contribution in [0.2, 0.25) is 0 Å². The second-order valence-electron chi connectivity index (χ2n) is 4.31. The molecule has 1 N–H and O–H groups in total. The van der Waals surface area contributed by atoms with Gasteiger partial charge in [-0.3, -0.25) is 9.89 Å². The SMILES string of the molecule is CN(Cc1cn[nH]c1)C(=O)c1ccccc1SC(F)(F)F. The van der Waals surface area contributed by atoms with E-state index in [0.717, 1.165) is 5.56 Å². The third-order valence-electron chi connectivity index (χ3n) is 2.66. The van der Waals surface area contributed by atoms with Gasteiger partial charge in [0.15, 0.2) is 0 Å².